The summed E-state index contributed by atoms with van der Waals surface area (Å²) in [5, 5.41) is 7.65. The predicted octanol–water partition coefficient (Wildman–Crippen LogP) is 4.58. The van der Waals surface area contributed by atoms with Crippen molar-refractivity contribution in [2.24, 2.45) is 5.73 Å². The SMILES string of the molecule is COc1cccc(-c2cccc(C(C)(N)c3ccccc3C=N)c2)c1. The Hall–Kier alpha value is -2.91. The predicted molar refractivity (Wildman–Crippen MR) is 103 cm³/mol. The number of hydrogen-bond donors (Lipinski definition) is 2. The van der Waals surface area contributed by atoms with E-state index in [1.165, 1.54) is 6.21 Å². The number of nitrogens with one attached hydrogen (secondary N) is 1. The van der Waals surface area contributed by atoms with Crippen LogP contribution in [0.2, 0.25) is 0 Å². The molecule has 3 aromatic rings. The molecule has 0 saturated heterocycles. The molecule has 0 bridgehead atoms. The topological polar surface area (TPSA) is 59.1 Å². The molecular formula is C22H22N2O. The van der Waals surface area contributed by atoms with E-state index in [1.807, 2.05) is 61.5 Å². The molecule has 3 rings (SSSR count). The van der Waals surface area contributed by atoms with Gasteiger partial charge >= 0.3 is 0 Å². The molecular weight excluding hydrogens is 308 g/mol. The maximum absolute atomic E-state index is 7.65. The lowest BCUT2D eigenvalue weighted by Crippen LogP contribution is -2.35. The number of hydrogen-bond acceptors (Lipinski definition) is 3. The second-order valence-electron chi connectivity index (χ2n) is 6.25. The zero-order valence-electron chi connectivity index (χ0n) is 14.5. The Morgan fingerprint density at radius 2 is 1.60 bits per heavy atom. The summed E-state index contributed by atoms with van der Waals surface area (Å²) in [4.78, 5) is 0. The maximum Gasteiger partial charge on any atom is 0.119 e. The van der Waals surface area contributed by atoms with Crippen molar-refractivity contribution in [3.05, 3.63) is 89.5 Å². The fraction of sp³-hybridized carbons (Fsp3) is 0.136. The Morgan fingerprint density at radius 3 is 2.32 bits per heavy atom. The van der Waals surface area contributed by atoms with E-state index in [2.05, 4.69) is 18.2 Å². The van der Waals surface area contributed by atoms with Crippen molar-refractivity contribution >= 4 is 6.21 Å². The number of ether oxygens (including phenoxy) is 1. The molecule has 0 heterocycles. The Bertz CT molecular complexity index is 900. The van der Waals surface area contributed by atoms with Gasteiger partial charge in [0.1, 0.15) is 5.75 Å². The van der Waals surface area contributed by atoms with Gasteiger partial charge in [-0.25, -0.2) is 0 Å². The van der Waals surface area contributed by atoms with Crippen molar-refractivity contribution in [1.82, 2.24) is 0 Å². The van der Waals surface area contributed by atoms with Crippen LogP contribution in [0.15, 0.2) is 72.8 Å². The molecule has 126 valence electrons. The van der Waals surface area contributed by atoms with Crippen molar-refractivity contribution < 1.29 is 4.74 Å². The molecule has 3 nitrogen and oxygen atoms in total. The number of nitrogens with two attached hydrogens (primary N) is 1. The third-order valence-electron chi connectivity index (χ3n) is 4.54. The highest BCUT2D eigenvalue weighted by Crippen LogP contribution is 2.32. The molecule has 0 aliphatic heterocycles. The van der Waals surface area contributed by atoms with Gasteiger partial charge in [-0.15, -0.1) is 0 Å². The van der Waals surface area contributed by atoms with Gasteiger partial charge in [0.05, 0.1) is 12.6 Å². The molecule has 0 aliphatic rings. The molecule has 0 aromatic heterocycles. The lowest BCUT2D eigenvalue weighted by atomic mass is 9.82. The third-order valence-corrected chi connectivity index (χ3v) is 4.54. The monoisotopic (exact) mass is 330 g/mol. The Labute approximate surface area is 148 Å². The Balaban J connectivity index is 2.07. The summed E-state index contributed by atoms with van der Waals surface area (Å²) in [5.41, 5.74) is 11.0. The minimum atomic E-state index is -0.691. The normalized spacial score (nSPS) is 13.1. The fourth-order valence-corrected chi connectivity index (χ4v) is 3.08. The molecule has 1 atom stereocenters. The molecule has 0 aliphatic carbocycles. The van der Waals surface area contributed by atoms with Gasteiger partial charge in [0.2, 0.25) is 0 Å². The molecule has 0 spiro atoms. The molecule has 0 amide bonds. The van der Waals surface area contributed by atoms with Gasteiger partial charge in [-0.2, -0.15) is 0 Å². The number of rotatable bonds is 5. The zero-order valence-corrected chi connectivity index (χ0v) is 14.5. The van der Waals surface area contributed by atoms with Crippen LogP contribution in [0.4, 0.5) is 0 Å². The van der Waals surface area contributed by atoms with Crippen molar-refractivity contribution in [3.63, 3.8) is 0 Å². The molecule has 3 heteroatoms. The van der Waals surface area contributed by atoms with Crippen LogP contribution in [0.25, 0.3) is 11.1 Å². The number of methoxy groups -OCH3 is 1. The molecule has 0 radical (unpaired) electrons. The summed E-state index contributed by atoms with van der Waals surface area (Å²) in [7, 11) is 1.67. The molecule has 0 saturated carbocycles. The average molecular weight is 330 g/mol. The van der Waals surface area contributed by atoms with Gasteiger partial charge in [-0.3, -0.25) is 0 Å². The van der Waals surface area contributed by atoms with Crippen molar-refractivity contribution in [3.8, 4) is 16.9 Å². The third kappa shape index (κ3) is 3.32. The van der Waals surface area contributed by atoms with Crippen LogP contribution in [0.1, 0.15) is 23.6 Å². The van der Waals surface area contributed by atoms with Crippen LogP contribution in [0.3, 0.4) is 0 Å². The van der Waals surface area contributed by atoms with Crippen molar-refractivity contribution in [2.75, 3.05) is 7.11 Å². The van der Waals surface area contributed by atoms with Crippen molar-refractivity contribution in [2.45, 2.75) is 12.5 Å². The second-order valence-corrected chi connectivity index (χ2v) is 6.25. The van der Waals surface area contributed by atoms with E-state index in [9.17, 15) is 0 Å². The van der Waals surface area contributed by atoms with E-state index < -0.39 is 5.54 Å². The van der Waals surface area contributed by atoms with Gasteiger partial charge in [0.15, 0.2) is 0 Å². The first-order chi connectivity index (χ1) is 12.1. The molecule has 3 aromatic carbocycles. The lowest BCUT2D eigenvalue weighted by molar-refractivity contribution is 0.415. The Kier molecular flexibility index (Phi) is 4.68. The second kappa shape index (κ2) is 6.91. The van der Waals surface area contributed by atoms with E-state index in [1.54, 1.807) is 7.11 Å². The van der Waals surface area contributed by atoms with Crippen molar-refractivity contribution in [1.29, 1.82) is 5.41 Å². The summed E-state index contributed by atoms with van der Waals surface area (Å²) in [6.07, 6.45) is 1.35. The van der Waals surface area contributed by atoms with E-state index in [-0.39, 0.29) is 0 Å². The first-order valence-corrected chi connectivity index (χ1v) is 8.20. The van der Waals surface area contributed by atoms with E-state index >= 15 is 0 Å². The quantitative estimate of drug-likeness (QED) is 0.673. The van der Waals surface area contributed by atoms with Crippen LogP contribution in [-0.2, 0) is 5.54 Å². The Morgan fingerprint density at radius 1 is 0.920 bits per heavy atom. The summed E-state index contributed by atoms with van der Waals surface area (Å²) >= 11 is 0. The van der Waals surface area contributed by atoms with Crippen LogP contribution in [-0.4, -0.2) is 13.3 Å². The van der Waals surface area contributed by atoms with E-state index in [4.69, 9.17) is 15.9 Å². The highest BCUT2D eigenvalue weighted by atomic mass is 16.5. The molecule has 3 N–H and O–H groups in total. The largest absolute Gasteiger partial charge is 0.497 e. The van der Waals surface area contributed by atoms with Crippen LogP contribution >= 0.6 is 0 Å². The first kappa shape index (κ1) is 16.9. The van der Waals surface area contributed by atoms with E-state index in [0.717, 1.165) is 33.6 Å². The van der Waals surface area contributed by atoms with Gasteiger partial charge in [-0.1, -0.05) is 54.6 Å². The minimum Gasteiger partial charge on any atom is -0.497 e. The van der Waals surface area contributed by atoms with Gasteiger partial charge in [0, 0.05) is 6.21 Å². The summed E-state index contributed by atoms with van der Waals surface area (Å²) in [6.45, 7) is 1.99. The smallest absolute Gasteiger partial charge is 0.119 e. The highest BCUT2D eigenvalue weighted by Gasteiger charge is 2.26. The van der Waals surface area contributed by atoms with E-state index in [0.29, 0.717) is 0 Å². The van der Waals surface area contributed by atoms with Gasteiger partial charge in [0.25, 0.3) is 0 Å². The van der Waals surface area contributed by atoms with Gasteiger partial charge < -0.3 is 15.9 Å². The van der Waals surface area contributed by atoms with Crippen LogP contribution in [0, 0.1) is 5.41 Å². The fourth-order valence-electron chi connectivity index (χ4n) is 3.08. The maximum atomic E-state index is 7.65. The lowest BCUT2D eigenvalue weighted by Gasteiger charge is -2.28. The van der Waals surface area contributed by atoms with Crippen LogP contribution in [0.5, 0.6) is 5.75 Å². The molecule has 0 fully saturated rings. The van der Waals surface area contributed by atoms with Crippen LogP contribution < -0.4 is 10.5 Å². The minimum absolute atomic E-state index is 0.691. The summed E-state index contributed by atoms with van der Waals surface area (Å²) in [5.74, 6) is 0.826. The number of benzene rings is 3. The first-order valence-electron chi connectivity index (χ1n) is 8.20. The highest BCUT2D eigenvalue weighted by molar-refractivity contribution is 5.80. The summed E-state index contributed by atoms with van der Waals surface area (Å²) in [6, 6.07) is 24.0. The van der Waals surface area contributed by atoms with Gasteiger partial charge in [-0.05, 0) is 52.9 Å². The standard InChI is InChI=1S/C22H22N2O/c1-22(24,21-12-4-3-7-18(21)15-23)19-10-5-8-16(13-19)17-9-6-11-20(14-17)25-2/h3-15,23H,24H2,1-2H3. The molecule has 1 unspecified atom stereocenters. The molecule has 25 heavy (non-hydrogen) atoms. The average Bonchev–Trinajstić information content (AvgIpc) is 2.68. The zero-order chi connectivity index (χ0) is 17.9. The summed E-state index contributed by atoms with van der Waals surface area (Å²) < 4.78 is 5.32.